The molecule has 0 N–H and O–H groups in total. The van der Waals surface area contributed by atoms with Crippen molar-refractivity contribution in [1.29, 1.82) is 0 Å². The highest BCUT2D eigenvalue weighted by molar-refractivity contribution is 6.31. The van der Waals surface area contributed by atoms with E-state index in [1.807, 2.05) is 27.7 Å². The van der Waals surface area contributed by atoms with Crippen LogP contribution in [0.5, 0.6) is 0 Å². The van der Waals surface area contributed by atoms with Crippen LogP contribution >= 0.6 is 11.6 Å². The van der Waals surface area contributed by atoms with Crippen molar-refractivity contribution < 1.29 is 18.7 Å². The summed E-state index contributed by atoms with van der Waals surface area (Å²) in [5.74, 6) is -0.374. The molecule has 1 heterocycles. The van der Waals surface area contributed by atoms with E-state index < -0.39 is 5.60 Å². The number of likely N-dealkylation sites (tertiary alicyclic amines) is 1. The van der Waals surface area contributed by atoms with Gasteiger partial charge in [-0.05, 0) is 45.4 Å². The zero-order valence-corrected chi connectivity index (χ0v) is 14.0. The minimum Gasteiger partial charge on any atom is -0.444 e. The second-order valence-corrected chi connectivity index (χ2v) is 6.86. The summed E-state index contributed by atoms with van der Waals surface area (Å²) >= 11 is 6.02. The van der Waals surface area contributed by atoms with Crippen LogP contribution in [0, 0.1) is 5.82 Å². The second kappa shape index (κ2) is 6.42. The molecule has 22 heavy (non-hydrogen) atoms. The molecule has 1 aliphatic rings. The van der Waals surface area contributed by atoms with Crippen molar-refractivity contribution in [2.24, 2.45) is 0 Å². The molecule has 1 fully saturated rings. The van der Waals surface area contributed by atoms with Crippen LogP contribution in [-0.2, 0) is 9.47 Å². The van der Waals surface area contributed by atoms with Gasteiger partial charge in [-0.2, -0.15) is 0 Å². The molecule has 2 rings (SSSR count). The number of hydrogen-bond acceptors (Lipinski definition) is 3. The van der Waals surface area contributed by atoms with Crippen molar-refractivity contribution in [3.05, 3.63) is 34.6 Å². The van der Waals surface area contributed by atoms with Gasteiger partial charge in [0.1, 0.15) is 11.4 Å². The highest BCUT2D eigenvalue weighted by Crippen LogP contribution is 2.29. The van der Waals surface area contributed by atoms with Crippen molar-refractivity contribution >= 4 is 17.7 Å². The van der Waals surface area contributed by atoms with Crippen LogP contribution in [-0.4, -0.2) is 35.8 Å². The van der Waals surface area contributed by atoms with Crippen molar-refractivity contribution in [3.63, 3.8) is 0 Å². The fourth-order valence-corrected chi connectivity index (χ4v) is 2.51. The minimum atomic E-state index is -0.502. The Hall–Kier alpha value is -1.33. The fraction of sp³-hybridized carbons (Fsp3) is 0.562. The molecule has 0 radical (unpaired) electrons. The fourth-order valence-electron chi connectivity index (χ4n) is 2.19. The lowest BCUT2D eigenvalue weighted by atomic mass is 10.1. The van der Waals surface area contributed by atoms with Gasteiger partial charge in [-0.15, -0.1) is 0 Å². The topological polar surface area (TPSA) is 38.8 Å². The number of hydrogen-bond donors (Lipinski definition) is 0. The lowest BCUT2D eigenvalue weighted by molar-refractivity contribution is -0.0895. The van der Waals surface area contributed by atoms with E-state index in [0.717, 1.165) is 5.56 Å². The Balaban J connectivity index is 1.83. The first-order valence-corrected chi connectivity index (χ1v) is 7.62. The molecular weight excluding hydrogens is 309 g/mol. The van der Waals surface area contributed by atoms with Crippen LogP contribution in [0.3, 0.4) is 0 Å². The maximum atomic E-state index is 13.0. The average molecular weight is 330 g/mol. The van der Waals surface area contributed by atoms with Crippen LogP contribution < -0.4 is 0 Å². The summed E-state index contributed by atoms with van der Waals surface area (Å²) in [6.45, 7) is 8.32. The van der Waals surface area contributed by atoms with E-state index in [0.29, 0.717) is 18.1 Å². The van der Waals surface area contributed by atoms with Crippen molar-refractivity contribution in [3.8, 4) is 0 Å². The Labute approximate surface area is 135 Å². The van der Waals surface area contributed by atoms with Crippen molar-refractivity contribution in [2.45, 2.75) is 45.5 Å². The van der Waals surface area contributed by atoms with Gasteiger partial charge >= 0.3 is 6.09 Å². The quantitative estimate of drug-likeness (QED) is 0.835. The van der Waals surface area contributed by atoms with Gasteiger partial charge < -0.3 is 14.4 Å². The molecule has 1 aromatic rings. The average Bonchev–Trinajstić information content (AvgIpc) is 2.30. The summed E-state index contributed by atoms with van der Waals surface area (Å²) < 4.78 is 24.2. The zero-order valence-electron chi connectivity index (χ0n) is 13.2. The molecule has 6 heteroatoms. The van der Waals surface area contributed by atoms with E-state index in [1.165, 1.54) is 12.1 Å². The molecule has 0 bridgehead atoms. The van der Waals surface area contributed by atoms with Crippen molar-refractivity contribution in [1.82, 2.24) is 4.90 Å². The molecule has 0 spiro atoms. The summed E-state index contributed by atoms with van der Waals surface area (Å²) in [6, 6.07) is 4.24. The van der Waals surface area contributed by atoms with E-state index in [-0.39, 0.29) is 24.1 Å². The molecule has 1 aliphatic heterocycles. The van der Waals surface area contributed by atoms with Gasteiger partial charge in [0.25, 0.3) is 0 Å². The second-order valence-electron chi connectivity index (χ2n) is 6.45. The molecule has 1 atom stereocenters. The molecule has 1 aromatic carbocycles. The Kier molecular flexibility index (Phi) is 4.97. The Bertz CT molecular complexity index is 553. The third kappa shape index (κ3) is 4.34. The largest absolute Gasteiger partial charge is 0.444 e. The molecule has 122 valence electrons. The number of rotatable bonds is 3. The van der Waals surface area contributed by atoms with Gasteiger partial charge in [-0.25, -0.2) is 9.18 Å². The van der Waals surface area contributed by atoms with E-state index in [1.54, 1.807) is 11.0 Å². The van der Waals surface area contributed by atoms with Gasteiger partial charge in [0, 0.05) is 5.02 Å². The number of benzene rings is 1. The number of carbonyl (C=O) groups excluding carboxylic acids is 1. The van der Waals surface area contributed by atoms with Crippen LogP contribution in [0.1, 0.15) is 39.4 Å². The van der Waals surface area contributed by atoms with Gasteiger partial charge in [0.05, 0.1) is 25.3 Å². The van der Waals surface area contributed by atoms with Gasteiger partial charge in [-0.3, -0.25) is 0 Å². The first-order valence-electron chi connectivity index (χ1n) is 7.24. The first-order chi connectivity index (χ1) is 10.2. The number of amides is 1. The van der Waals surface area contributed by atoms with Gasteiger partial charge in [-0.1, -0.05) is 17.7 Å². The summed E-state index contributed by atoms with van der Waals surface area (Å²) in [6.07, 6.45) is -0.664. The van der Waals surface area contributed by atoms with Crippen LogP contribution in [0.2, 0.25) is 5.02 Å². The zero-order chi connectivity index (χ0) is 16.5. The SMILES string of the molecule is CC(OC1CN(C(=O)OC(C)(C)C)C1)c1ccc(F)cc1Cl. The molecule has 1 saturated heterocycles. The first kappa shape index (κ1) is 17.0. The van der Waals surface area contributed by atoms with E-state index in [2.05, 4.69) is 0 Å². The maximum Gasteiger partial charge on any atom is 0.410 e. The predicted octanol–water partition coefficient (Wildman–Crippen LogP) is 4.18. The highest BCUT2D eigenvalue weighted by atomic mass is 35.5. The highest BCUT2D eigenvalue weighted by Gasteiger charge is 2.35. The minimum absolute atomic E-state index is 0.0661. The monoisotopic (exact) mass is 329 g/mol. The third-order valence-electron chi connectivity index (χ3n) is 3.30. The summed E-state index contributed by atoms with van der Waals surface area (Å²) in [5.41, 5.74) is 0.233. The molecular formula is C16H21ClFNO3. The Morgan fingerprint density at radius 3 is 2.59 bits per heavy atom. The Morgan fingerprint density at radius 2 is 2.05 bits per heavy atom. The molecule has 1 unspecified atom stereocenters. The van der Waals surface area contributed by atoms with Gasteiger partial charge in [0.15, 0.2) is 0 Å². The van der Waals surface area contributed by atoms with E-state index >= 15 is 0 Å². The third-order valence-corrected chi connectivity index (χ3v) is 3.62. The number of ether oxygens (including phenoxy) is 2. The lowest BCUT2D eigenvalue weighted by Gasteiger charge is -2.40. The molecule has 0 saturated carbocycles. The summed E-state index contributed by atoms with van der Waals surface area (Å²) in [7, 11) is 0. The predicted molar refractivity (Wildman–Crippen MR) is 82.5 cm³/mol. The molecule has 0 aromatic heterocycles. The van der Waals surface area contributed by atoms with E-state index in [4.69, 9.17) is 21.1 Å². The van der Waals surface area contributed by atoms with Crippen LogP contribution in [0.15, 0.2) is 18.2 Å². The smallest absolute Gasteiger partial charge is 0.410 e. The van der Waals surface area contributed by atoms with E-state index in [9.17, 15) is 9.18 Å². The Morgan fingerprint density at radius 1 is 1.41 bits per heavy atom. The standard InChI is InChI=1S/C16H21ClFNO3/c1-10(13-6-5-11(18)7-14(13)17)21-12-8-19(9-12)15(20)22-16(2,3)4/h5-7,10,12H,8-9H2,1-4H3. The normalized spacial score (nSPS) is 17.1. The van der Waals surface area contributed by atoms with Gasteiger partial charge in [0.2, 0.25) is 0 Å². The molecule has 1 amide bonds. The lowest BCUT2D eigenvalue weighted by Crippen LogP contribution is -2.56. The number of halogens is 2. The maximum absolute atomic E-state index is 13.0. The number of nitrogens with zero attached hydrogens (tertiary/aromatic N) is 1. The van der Waals surface area contributed by atoms with Crippen LogP contribution in [0.4, 0.5) is 9.18 Å². The summed E-state index contributed by atoms with van der Waals surface area (Å²) in [4.78, 5) is 13.4. The van der Waals surface area contributed by atoms with Crippen molar-refractivity contribution in [2.75, 3.05) is 13.1 Å². The molecule has 4 nitrogen and oxygen atoms in total. The molecule has 0 aliphatic carbocycles. The van der Waals surface area contributed by atoms with Crippen LogP contribution in [0.25, 0.3) is 0 Å². The summed E-state index contributed by atoms with van der Waals surface area (Å²) in [5, 5.41) is 0.343. The number of carbonyl (C=O) groups is 1.